The van der Waals surface area contributed by atoms with Crippen molar-refractivity contribution in [3.8, 4) is 5.75 Å². The summed E-state index contributed by atoms with van der Waals surface area (Å²) in [5, 5.41) is -0.0698. The van der Waals surface area contributed by atoms with E-state index in [4.69, 9.17) is 9.47 Å². The molecule has 2 aromatic carbocycles. The maximum atomic E-state index is 13.7. The minimum Gasteiger partial charge on any atom is -0.494 e. The minimum absolute atomic E-state index is 0.0698. The second-order valence-electron chi connectivity index (χ2n) is 6.18. The Bertz CT molecular complexity index is 943. The van der Waals surface area contributed by atoms with E-state index >= 15 is 0 Å². The summed E-state index contributed by atoms with van der Waals surface area (Å²) in [5.74, 6) is -0.634. The first kappa shape index (κ1) is 19.7. The van der Waals surface area contributed by atoms with Gasteiger partial charge in [-0.05, 0) is 36.2 Å². The molecule has 1 atom stereocenters. The Morgan fingerprint density at radius 2 is 2.04 bits per heavy atom. The van der Waals surface area contributed by atoms with E-state index in [9.17, 15) is 17.6 Å². The molecular weight excluding hydrogens is 391 g/mol. The van der Waals surface area contributed by atoms with Crippen LogP contribution in [0.1, 0.15) is 22.3 Å². The fourth-order valence-corrected chi connectivity index (χ4v) is 6.41. The molecular formula is C19H19FO5S2. The maximum absolute atomic E-state index is 13.7. The van der Waals surface area contributed by atoms with Gasteiger partial charge in [0, 0.05) is 10.1 Å². The van der Waals surface area contributed by atoms with Crippen LogP contribution >= 0.6 is 11.8 Å². The first-order chi connectivity index (χ1) is 12.9. The van der Waals surface area contributed by atoms with Crippen LogP contribution in [0.3, 0.4) is 0 Å². The molecule has 0 amide bonds. The third-order valence-electron chi connectivity index (χ3n) is 4.18. The highest BCUT2D eigenvalue weighted by molar-refractivity contribution is 8.02. The molecule has 0 unspecified atom stereocenters. The van der Waals surface area contributed by atoms with Crippen molar-refractivity contribution >= 4 is 27.6 Å². The molecule has 0 N–H and O–H groups in total. The van der Waals surface area contributed by atoms with Gasteiger partial charge in [0.2, 0.25) is 0 Å². The molecule has 27 heavy (non-hydrogen) atoms. The predicted octanol–water partition coefficient (Wildman–Crippen LogP) is 3.47. The van der Waals surface area contributed by atoms with E-state index < -0.39 is 21.6 Å². The second-order valence-corrected chi connectivity index (χ2v) is 9.76. The number of benzene rings is 2. The number of methoxy groups -OCH3 is 1. The predicted molar refractivity (Wildman–Crippen MR) is 101 cm³/mol. The van der Waals surface area contributed by atoms with Gasteiger partial charge in [0.05, 0.1) is 24.2 Å². The molecule has 0 spiro atoms. The van der Waals surface area contributed by atoms with E-state index in [1.54, 1.807) is 30.3 Å². The zero-order valence-corrected chi connectivity index (χ0v) is 16.3. The molecule has 1 saturated heterocycles. The van der Waals surface area contributed by atoms with Crippen LogP contribution in [-0.2, 0) is 21.2 Å². The van der Waals surface area contributed by atoms with Gasteiger partial charge in [-0.3, -0.25) is 0 Å². The number of halogens is 1. The number of esters is 1. The molecule has 5 nitrogen and oxygen atoms in total. The molecule has 3 rings (SSSR count). The van der Waals surface area contributed by atoms with E-state index in [-0.39, 0.29) is 29.1 Å². The summed E-state index contributed by atoms with van der Waals surface area (Å²) in [6, 6.07) is 11.3. The van der Waals surface area contributed by atoms with Crippen molar-refractivity contribution in [1.29, 1.82) is 0 Å². The average molecular weight is 410 g/mol. The van der Waals surface area contributed by atoms with Gasteiger partial charge in [0.15, 0.2) is 21.4 Å². The number of carbonyl (C=O) groups excluding carboxylic acids is 1. The number of hydrogen-bond acceptors (Lipinski definition) is 6. The van der Waals surface area contributed by atoms with Crippen molar-refractivity contribution in [2.75, 3.05) is 18.6 Å². The topological polar surface area (TPSA) is 69.7 Å². The Morgan fingerprint density at radius 1 is 1.26 bits per heavy atom. The van der Waals surface area contributed by atoms with E-state index in [0.29, 0.717) is 22.4 Å². The number of ether oxygens (including phenoxy) is 2. The largest absolute Gasteiger partial charge is 0.494 e. The number of hydrogen-bond donors (Lipinski definition) is 0. The van der Waals surface area contributed by atoms with Crippen LogP contribution < -0.4 is 4.74 Å². The number of rotatable bonds is 6. The summed E-state index contributed by atoms with van der Waals surface area (Å²) in [6.45, 7) is -0.0729. The van der Waals surface area contributed by atoms with Crippen LogP contribution in [0.2, 0.25) is 0 Å². The molecule has 0 saturated carbocycles. The van der Waals surface area contributed by atoms with Gasteiger partial charge in [0.1, 0.15) is 6.61 Å². The summed E-state index contributed by atoms with van der Waals surface area (Å²) >= 11 is 1.38. The monoisotopic (exact) mass is 410 g/mol. The fraction of sp³-hybridized carbons (Fsp3) is 0.316. The SMILES string of the molecule is COc1ccc(COC(=O)c2ccccc2S[C@@H]2CCS(=O)(=O)C2)cc1F. The van der Waals surface area contributed by atoms with Crippen molar-refractivity contribution < 1.29 is 27.1 Å². The first-order valence-corrected chi connectivity index (χ1v) is 11.0. The Morgan fingerprint density at radius 3 is 2.70 bits per heavy atom. The van der Waals surface area contributed by atoms with E-state index in [1.165, 1.54) is 31.0 Å². The molecule has 0 bridgehead atoms. The van der Waals surface area contributed by atoms with Crippen molar-refractivity contribution in [1.82, 2.24) is 0 Å². The molecule has 0 aliphatic carbocycles. The van der Waals surface area contributed by atoms with Gasteiger partial charge in [0.25, 0.3) is 0 Å². The zero-order chi connectivity index (χ0) is 19.4. The molecule has 0 aromatic heterocycles. The quantitative estimate of drug-likeness (QED) is 0.679. The van der Waals surface area contributed by atoms with Crippen LogP contribution in [0.4, 0.5) is 4.39 Å². The van der Waals surface area contributed by atoms with Gasteiger partial charge in [-0.25, -0.2) is 17.6 Å². The fourth-order valence-electron chi connectivity index (χ4n) is 2.80. The third-order valence-corrected chi connectivity index (χ3v) is 7.50. The van der Waals surface area contributed by atoms with Gasteiger partial charge in [-0.2, -0.15) is 0 Å². The lowest BCUT2D eigenvalue weighted by Crippen LogP contribution is -2.10. The molecule has 8 heteroatoms. The average Bonchev–Trinajstić information content (AvgIpc) is 2.98. The van der Waals surface area contributed by atoms with E-state index in [1.807, 2.05) is 0 Å². The highest BCUT2D eigenvalue weighted by Gasteiger charge is 2.29. The van der Waals surface area contributed by atoms with Gasteiger partial charge < -0.3 is 9.47 Å². The van der Waals surface area contributed by atoms with Crippen LogP contribution in [0.5, 0.6) is 5.75 Å². The maximum Gasteiger partial charge on any atom is 0.339 e. The lowest BCUT2D eigenvalue weighted by atomic mass is 10.2. The van der Waals surface area contributed by atoms with Crippen molar-refractivity contribution in [3.05, 3.63) is 59.4 Å². The smallest absolute Gasteiger partial charge is 0.339 e. The normalized spacial score (nSPS) is 18.2. The number of sulfone groups is 1. The van der Waals surface area contributed by atoms with Crippen LogP contribution in [0.25, 0.3) is 0 Å². The molecule has 0 radical (unpaired) electrons. The lowest BCUT2D eigenvalue weighted by Gasteiger charge is -2.12. The van der Waals surface area contributed by atoms with Gasteiger partial charge in [-0.1, -0.05) is 18.2 Å². The zero-order valence-electron chi connectivity index (χ0n) is 14.7. The number of thioether (sulfide) groups is 1. The van der Waals surface area contributed by atoms with Crippen LogP contribution in [0, 0.1) is 5.82 Å². The molecule has 2 aromatic rings. The van der Waals surface area contributed by atoms with Crippen LogP contribution in [0.15, 0.2) is 47.4 Å². The molecule has 1 fully saturated rings. The Hall–Kier alpha value is -2.06. The highest BCUT2D eigenvalue weighted by Crippen LogP contribution is 2.33. The number of carbonyl (C=O) groups is 1. The Balaban J connectivity index is 1.67. The van der Waals surface area contributed by atoms with Crippen LogP contribution in [-0.4, -0.2) is 38.3 Å². The van der Waals surface area contributed by atoms with E-state index in [0.717, 1.165) is 0 Å². The summed E-state index contributed by atoms with van der Waals surface area (Å²) in [4.78, 5) is 13.2. The second kappa shape index (κ2) is 8.31. The van der Waals surface area contributed by atoms with Gasteiger partial charge >= 0.3 is 5.97 Å². The van der Waals surface area contributed by atoms with Gasteiger partial charge in [-0.15, -0.1) is 11.8 Å². The lowest BCUT2D eigenvalue weighted by molar-refractivity contribution is 0.0468. The Labute approximate surface area is 161 Å². The summed E-state index contributed by atoms with van der Waals surface area (Å²) in [7, 11) is -1.61. The molecule has 1 aliphatic heterocycles. The minimum atomic E-state index is -2.99. The highest BCUT2D eigenvalue weighted by atomic mass is 32.2. The van der Waals surface area contributed by atoms with Crippen molar-refractivity contribution in [2.45, 2.75) is 23.2 Å². The summed E-state index contributed by atoms with van der Waals surface area (Å²) < 4.78 is 47.2. The molecule has 1 aliphatic rings. The molecule has 1 heterocycles. The third kappa shape index (κ3) is 5.01. The first-order valence-electron chi connectivity index (χ1n) is 8.33. The van der Waals surface area contributed by atoms with Crippen molar-refractivity contribution in [2.24, 2.45) is 0 Å². The van der Waals surface area contributed by atoms with E-state index in [2.05, 4.69) is 0 Å². The summed E-state index contributed by atoms with van der Waals surface area (Å²) in [5.41, 5.74) is 0.884. The standard InChI is InChI=1S/C19H19FO5S2/c1-24-17-7-6-13(10-16(17)20)11-25-19(21)15-4-2-3-5-18(15)26-14-8-9-27(22,23)12-14/h2-7,10,14H,8-9,11-12H2,1H3/t14-/m1/s1. The Kier molecular flexibility index (Phi) is 6.06. The summed E-state index contributed by atoms with van der Waals surface area (Å²) in [6.07, 6.45) is 0.571. The van der Waals surface area contributed by atoms with Crippen molar-refractivity contribution in [3.63, 3.8) is 0 Å². The molecule has 144 valence electrons.